The van der Waals surface area contributed by atoms with Crippen LogP contribution in [-0.4, -0.2) is 9.97 Å². The van der Waals surface area contributed by atoms with Gasteiger partial charge in [0, 0.05) is 11.3 Å². The molecule has 0 bridgehead atoms. The molecule has 0 aliphatic rings. The Labute approximate surface area is 96.3 Å². The molecule has 1 aromatic rings. The standard InChI is InChI=1S/C12H21N3O/c1-6(2)9-8(5)14-11(15-12(9)16)10(13)7(3)4/h6-7,10H,13H2,1-5H3,(H,14,15,16). The number of nitrogens with one attached hydrogen (secondary N) is 1. The van der Waals surface area contributed by atoms with Crippen LogP contribution in [0.2, 0.25) is 0 Å². The van der Waals surface area contributed by atoms with Gasteiger partial charge in [0.05, 0.1) is 6.04 Å². The van der Waals surface area contributed by atoms with E-state index in [4.69, 9.17) is 5.73 Å². The lowest BCUT2D eigenvalue weighted by atomic mass is 10.0. The first-order valence-electron chi connectivity index (χ1n) is 5.70. The van der Waals surface area contributed by atoms with Crippen LogP contribution in [0.25, 0.3) is 0 Å². The van der Waals surface area contributed by atoms with Gasteiger partial charge in [-0.15, -0.1) is 0 Å². The first-order valence-corrected chi connectivity index (χ1v) is 5.70. The Hall–Kier alpha value is -1.16. The van der Waals surface area contributed by atoms with Gasteiger partial charge in [-0.1, -0.05) is 27.7 Å². The van der Waals surface area contributed by atoms with E-state index < -0.39 is 0 Å². The van der Waals surface area contributed by atoms with Gasteiger partial charge in [0.1, 0.15) is 5.82 Å². The third kappa shape index (κ3) is 2.50. The van der Waals surface area contributed by atoms with Crippen molar-refractivity contribution in [1.82, 2.24) is 9.97 Å². The Morgan fingerprint density at radius 1 is 1.25 bits per heavy atom. The monoisotopic (exact) mass is 223 g/mol. The Morgan fingerprint density at radius 3 is 2.19 bits per heavy atom. The van der Waals surface area contributed by atoms with Crippen LogP contribution >= 0.6 is 0 Å². The summed E-state index contributed by atoms with van der Waals surface area (Å²) in [5.74, 6) is 1.02. The molecule has 3 N–H and O–H groups in total. The van der Waals surface area contributed by atoms with E-state index in [1.807, 2.05) is 34.6 Å². The number of aryl methyl sites for hydroxylation is 1. The highest BCUT2D eigenvalue weighted by Gasteiger charge is 2.17. The van der Waals surface area contributed by atoms with Crippen molar-refractivity contribution < 1.29 is 0 Å². The molecule has 0 amide bonds. The van der Waals surface area contributed by atoms with E-state index in [-0.39, 0.29) is 23.4 Å². The molecule has 0 saturated carbocycles. The van der Waals surface area contributed by atoms with Crippen molar-refractivity contribution in [3.05, 3.63) is 27.4 Å². The van der Waals surface area contributed by atoms with E-state index in [9.17, 15) is 4.79 Å². The summed E-state index contributed by atoms with van der Waals surface area (Å²) in [5.41, 5.74) is 7.44. The molecule has 0 fully saturated rings. The zero-order valence-electron chi connectivity index (χ0n) is 10.7. The van der Waals surface area contributed by atoms with Crippen LogP contribution in [-0.2, 0) is 0 Å². The van der Waals surface area contributed by atoms with Gasteiger partial charge >= 0.3 is 0 Å². The van der Waals surface area contributed by atoms with Crippen LogP contribution in [0.1, 0.15) is 56.7 Å². The predicted octanol–water partition coefficient (Wildman–Crippen LogP) is 1.86. The van der Waals surface area contributed by atoms with E-state index >= 15 is 0 Å². The zero-order chi connectivity index (χ0) is 12.5. The van der Waals surface area contributed by atoms with E-state index in [2.05, 4.69) is 9.97 Å². The number of nitrogens with two attached hydrogens (primary N) is 1. The summed E-state index contributed by atoms with van der Waals surface area (Å²) in [4.78, 5) is 19.1. The number of hydrogen-bond donors (Lipinski definition) is 2. The van der Waals surface area contributed by atoms with Crippen molar-refractivity contribution in [1.29, 1.82) is 0 Å². The quantitative estimate of drug-likeness (QED) is 0.821. The summed E-state index contributed by atoms with van der Waals surface area (Å²) in [6.45, 7) is 9.86. The van der Waals surface area contributed by atoms with Gasteiger partial charge in [-0.2, -0.15) is 0 Å². The van der Waals surface area contributed by atoms with E-state index in [0.29, 0.717) is 5.82 Å². The third-order valence-corrected chi connectivity index (χ3v) is 2.78. The summed E-state index contributed by atoms with van der Waals surface area (Å²) in [5, 5.41) is 0. The van der Waals surface area contributed by atoms with Crippen LogP contribution < -0.4 is 11.3 Å². The Kier molecular flexibility index (Phi) is 3.86. The fourth-order valence-corrected chi connectivity index (χ4v) is 1.77. The first kappa shape index (κ1) is 12.9. The molecule has 0 radical (unpaired) electrons. The molecule has 1 unspecified atom stereocenters. The minimum Gasteiger partial charge on any atom is -0.321 e. The molecule has 4 heteroatoms. The molecule has 0 saturated heterocycles. The zero-order valence-corrected chi connectivity index (χ0v) is 10.7. The Balaban J connectivity index is 3.25. The van der Waals surface area contributed by atoms with Gasteiger partial charge in [-0.3, -0.25) is 4.79 Å². The van der Waals surface area contributed by atoms with E-state index in [1.165, 1.54) is 0 Å². The SMILES string of the molecule is Cc1nc(C(N)C(C)C)[nH]c(=O)c1C(C)C. The average Bonchev–Trinajstić information content (AvgIpc) is 2.14. The minimum absolute atomic E-state index is 0.0615. The number of nitrogens with zero attached hydrogens (tertiary/aromatic N) is 1. The van der Waals surface area contributed by atoms with Crippen molar-refractivity contribution in [3.8, 4) is 0 Å². The Morgan fingerprint density at radius 2 is 1.81 bits per heavy atom. The number of rotatable bonds is 3. The van der Waals surface area contributed by atoms with Gasteiger partial charge < -0.3 is 10.7 Å². The molecule has 0 aliphatic heterocycles. The molecule has 16 heavy (non-hydrogen) atoms. The average molecular weight is 223 g/mol. The van der Waals surface area contributed by atoms with Gasteiger partial charge in [-0.25, -0.2) is 4.98 Å². The van der Waals surface area contributed by atoms with E-state index in [0.717, 1.165) is 11.3 Å². The lowest BCUT2D eigenvalue weighted by Crippen LogP contribution is -2.26. The van der Waals surface area contributed by atoms with Crippen LogP contribution in [0, 0.1) is 12.8 Å². The topological polar surface area (TPSA) is 71.8 Å². The maximum absolute atomic E-state index is 11.9. The van der Waals surface area contributed by atoms with Gasteiger partial charge in [-0.05, 0) is 18.8 Å². The largest absolute Gasteiger partial charge is 0.321 e. The Bertz CT molecular complexity index is 421. The highest BCUT2D eigenvalue weighted by atomic mass is 16.1. The van der Waals surface area contributed by atoms with E-state index in [1.54, 1.807) is 0 Å². The summed E-state index contributed by atoms with van der Waals surface area (Å²) in [7, 11) is 0. The fraction of sp³-hybridized carbons (Fsp3) is 0.667. The molecule has 1 rings (SSSR count). The minimum atomic E-state index is -0.215. The molecule has 4 nitrogen and oxygen atoms in total. The second kappa shape index (κ2) is 4.78. The molecule has 1 atom stereocenters. The summed E-state index contributed by atoms with van der Waals surface area (Å²) in [6, 6.07) is -0.215. The van der Waals surface area contributed by atoms with Crippen LogP contribution in [0.4, 0.5) is 0 Å². The van der Waals surface area contributed by atoms with Crippen molar-refractivity contribution in [2.45, 2.75) is 46.6 Å². The number of H-pyrrole nitrogens is 1. The summed E-state index contributed by atoms with van der Waals surface area (Å²) < 4.78 is 0. The van der Waals surface area contributed by atoms with Crippen LogP contribution in [0.5, 0.6) is 0 Å². The van der Waals surface area contributed by atoms with Crippen molar-refractivity contribution >= 4 is 0 Å². The molecule has 1 heterocycles. The number of aromatic amines is 1. The van der Waals surface area contributed by atoms with Crippen LogP contribution in [0.3, 0.4) is 0 Å². The highest BCUT2D eigenvalue weighted by Crippen LogP contribution is 2.17. The molecule has 90 valence electrons. The molecule has 0 aliphatic carbocycles. The van der Waals surface area contributed by atoms with Crippen molar-refractivity contribution in [2.24, 2.45) is 11.7 Å². The smallest absolute Gasteiger partial charge is 0.254 e. The fourth-order valence-electron chi connectivity index (χ4n) is 1.77. The number of aromatic nitrogens is 2. The number of hydrogen-bond acceptors (Lipinski definition) is 3. The maximum atomic E-state index is 11.9. The second-order valence-electron chi connectivity index (χ2n) is 4.87. The summed E-state index contributed by atoms with van der Waals surface area (Å²) in [6.07, 6.45) is 0. The van der Waals surface area contributed by atoms with Crippen LogP contribution in [0.15, 0.2) is 4.79 Å². The second-order valence-corrected chi connectivity index (χ2v) is 4.87. The first-order chi connectivity index (χ1) is 7.34. The lowest BCUT2D eigenvalue weighted by molar-refractivity contribution is 0.486. The molecular formula is C12H21N3O. The molecule has 1 aromatic heterocycles. The lowest BCUT2D eigenvalue weighted by Gasteiger charge is -2.16. The third-order valence-electron chi connectivity index (χ3n) is 2.78. The van der Waals surface area contributed by atoms with Gasteiger partial charge in [0.2, 0.25) is 0 Å². The predicted molar refractivity (Wildman–Crippen MR) is 65.5 cm³/mol. The maximum Gasteiger partial charge on any atom is 0.254 e. The summed E-state index contributed by atoms with van der Waals surface area (Å²) >= 11 is 0. The van der Waals surface area contributed by atoms with Gasteiger partial charge in [0.15, 0.2) is 0 Å². The normalized spacial score (nSPS) is 13.5. The molecular weight excluding hydrogens is 202 g/mol. The molecule has 0 aromatic carbocycles. The van der Waals surface area contributed by atoms with Gasteiger partial charge in [0.25, 0.3) is 5.56 Å². The van der Waals surface area contributed by atoms with Crippen molar-refractivity contribution in [2.75, 3.05) is 0 Å². The molecule has 0 spiro atoms. The highest BCUT2D eigenvalue weighted by molar-refractivity contribution is 5.20. The van der Waals surface area contributed by atoms with Crippen molar-refractivity contribution in [3.63, 3.8) is 0 Å².